The summed E-state index contributed by atoms with van der Waals surface area (Å²) in [6, 6.07) is 2.80. The van der Waals surface area contributed by atoms with Crippen LogP contribution in [0.4, 0.5) is 0 Å². The Labute approximate surface area is 97.9 Å². The first kappa shape index (κ1) is 9.55. The van der Waals surface area contributed by atoms with E-state index in [9.17, 15) is 0 Å². The number of aromatic nitrogens is 1. The van der Waals surface area contributed by atoms with Crippen molar-refractivity contribution in [3.8, 4) is 0 Å². The van der Waals surface area contributed by atoms with Crippen LogP contribution in [-0.4, -0.2) is 17.6 Å². The average molecular weight is 265 g/mol. The Balaban J connectivity index is 1.96. The van der Waals surface area contributed by atoms with E-state index in [-0.39, 0.29) is 0 Å². The molecule has 3 rings (SSSR count). The second-order valence-corrected chi connectivity index (χ2v) is 5.12. The number of fused-ring (bicyclic) bond motifs is 1. The summed E-state index contributed by atoms with van der Waals surface area (Å²) in [5.74, 6) is 0.837. The van der Waals surface area contributed by atoms with E-state index in [0.29, 0.717) is 6.04 Å². The summed E-state index contributed by atoms with van der Waals surface area (Å²) in [6.07, 6.45) is 5.55. The first-order chi connectivity index (χ1) is 7.25. The normalized spacial score (nSPS) is 28.3. The summed E-state index contributed by atoms with van der Waals surface area (Å²) in [6.45, 7) is 3.26. The molecule has 1 aliphatic heterocycles. The second kappa shape index (κ2) is 3.42. The number of aryl methyl sites for hydroxylation is 1. The van der Waals surface area contributed by atoms with Gasteiger partial charge in [-0.15, -0.1) is 0 Å². The number of allylic oxidation sites excluding steroid dienone is 1. The summed E-state index contributed by atoms with van der Waals surface area (Å²) in [7, 11) is 0. The number of halogens is 1. The summed E-state index contributed by atoms with van der Waals surface area (Å²) in [5, 5.41) is 3.48. The molecule has 15 heavy (non-hydrogen) atoms. The molecule has 1 aromatic heterocycles. The van der Waals surface area contributed by atoms with E-state index < -0.39 is 0 Å². The molecule has 78 valence electrons. The molecule has 2 nitrogen and oxygen atoms in total. The molecule has 0 amide bonds. The molecule has 0 bridgehead atoms. The lowest BCUT2D eigenvalue weighted by Gasteiger charge is -2.34. The van der Waals surface area contributed by atoms with Gasteiger partial charge in [0.2, 0.25) is 0 Å². The van der Waals surface area contributed by atoms with Crippen molar-refractivity contribution in [2.45, 2.75) is 19.4 Å². The third-order valence-corrected chi connectivity index (χ3v) is 4.22. The molecule has 0 saturated carbocycles. The fraction of sp³-hybridized carbons (Fsp3) is 0.417. The zero-order valence-corrected chi connectivity index (χ0v) is 10.2. The Morgan fingerprint density at radius 3 is 3.00 bits per heavy atom. The van der Waals surface area contributed by atoms with E-state index in [4.69, 9.17) is 0 Å². The van der Waals surface area contributed by atoms with Crippen LogP contribution in [0.15, 0.2) is 22.9 Å². The van der Waals surface area contributed by atoms with Crippen LogP contribution in [0.5, 0.6) is 0 Å². The maximum Gasteiger partial charge on any atom is 0.109 e. The van der Waals surface area contributed by atoms with Crippen LogP contribution >= 0.6 is 15.9 Å². The minimum absolute atomic E-state index is 0.590. The van der Waals surface area contributed by atoms with Gasteiger partial charge < -0.3 is 5.32 Å². The van der Waals surface area contributed by atoms with Crippen LogP contribution in [0.1, 0.15) is 17.5 Å². The third-order valence-electron chi connectivity index (χ3n) is 3.39. The Morgan fingerprint density at radius 1 is 1.53 bits per heavy atom. The quantitative estimate of drug-likeness (QED) is 0.789. The number of rotatable bonds is 1. The van der Waals surface area contributed by atoms with Gasteiger partial charge in [0.1, 0.15) is 4.60 Å². The second-order valence-electron chi connectivity index (χ2n) is 4.37. The lowest BCUT2D eigenvalue weighted by Crippen LogP contribution is -2.50. The molecule has 1 aliphatic carbocycles. The first-order valence-electron chi connectivity index (χ1n) is 5.31. The number of nitrogens with one attached hydrogen (secondary N) is 1. The van der Waals surface area contributed by atoms with E-state index in [1.807, 2.05) is 6.20 Å². The van der Waals surface area contributed by atoms with Crippen molar-refractivity contribution in [1.82, 2.24) is 10.3 Å². The fourth-order valence-electron chi connectivity index (χ4n) is 2.40. The highest BCUT2D eigenvalue weighted by Crippen LogP contribution is 2.37. The van der Waals surface area contributed by atoms with Gasteiger partial charge in [-0.05, 0) is 58.0 Å². The molecule has 3 heteroatoms. The Hall–Kier alpha value is -0.670. The van der Waals surface area contributed by atoms with Crippen molar-refractivity contribution < 1.29 is 0 Å². The van der Waals surface area contributed by atoms with Crippen molar-refractivity contribution in [2.24, 2.45) is 5.92 Å². The molecule has 0 aromatic carbocycles. The minimum Gasteiger partial charge on any atom is -0.309 e. The largest absolute Gasteiger partial charge is 0.309 e. The molecular weight excluding hydrogens is 252 g/mol. The number of nitrogens with zero attached hydrogens (tertiary/aromatic N) is 1. The predicted molar refractivity (Wildman–Crippen MR) is 64.5 cm³/mol. The standard InChI is InChI=1S/C12H13BrN2/c1-7-4-9(6-15-12(7)13)10-3-2-8-5-14-11(8)10/h3-4,6,8,11,14H,2,5H2,1H3/t8-,11+/m0/s1. The SMILES string of the molecule is Cc1cc(C2=CC[C@H]3CN[C@@H]23)cnc1Br. The molecule has 2 atom stereocenters. The molecule has 2 heterocycles. The highest BCUT2D eigenvalue weighted by atomic mass is 79.9. The van der Waals surface area contributed by atoms with Crippen molar-refractivity contribution in [3.63, 3.8) is 0 Å². The molecule has 1 N–H and O–H groups in total. The van der Waals surface area contributed by atoms with Crippen LogP contribution in [-0.2, 0) is 0 Å². The van der Waals surface area contributed by atoms with E-state index in [1.165, 1.54) is 29.7 Å². The van der Waals surface area contributed by atoms with Crippen molar-refractivity contribution in [3.05, 3.63) is 34.1 Å². The first-order valence-corrected chi connectivity index (χ1v) is 6.11. The minimum atomic E-state index is 0.590. The fourth-order valence-corrected chi connectivity index (χ4v) is 2.62. The van der Waals surface area contributed by atoms with Gasteiger partial charge in [-0.1, -0.05) is 6.08 Å². The number of hydrogen-bond donors (Lipinski definition) is 1. The van der Waals surface area contributed by atoms with Crippen LogP contribution in [0.3, 0.4) is 0 Å². The Kier molecular flexibility index (Phi) is 2.18. The maximum absolute atomic E-state index is 4.35. The predicted octanol–water partition coefficient (Wildman–Crippen LogP) is 2.53. The highest BCUT2D eigenvalue weighted by Gasteiger charge is 2.37. The van der Waals surface area contributed by atoms with Gasteiger partial charge in [-0.25, -0.2) is 4.98 Å². The molecule has 2 aliphatic rings. The highest BCUT2D eigenvalue weighted by molar-refractivity contribution is 9.10. The molecule has 0 spiro atoms. The summed E-state index contributed by atoms with van der Waals surface area (Å²) < 4.78 is 0.947. The van der Waals surface area contributed by atoms with Crippen LogP contribution in [0.2, 0.25) is 0 Å². The van der Waals surface area contributed by atoms with Gasteiger partial charge in [0.25, 0.3) is 0 Å². The van der Waals surface area contributed by atoms with Gasteiger partial charge >= 0.3 is 0 Å². The van der Waals surface area contributed by atoms with Crippen LogP contribution in [0, 0.1) is 12.8 Å². The average Bonchev–Trinajstić information content (AvgIpc) is 2.46. The van der Waals surface area contributed by atoms with Gasteiger partial charge in [0, 0.05) is 18.8 Å². The summed E-state index contributed by atoms with van der Waals surface area (Å²) >= 11 is 3.43. The lowest BCUT2D eigenvalue weighted by atomic mass is 9.89. The smallest absolute Gasteiger partial charge is 0.109 e. The molecule has 1 aromatic rings. The van der Waals surface area contributed by atoms with Gasteiger partial charge in [0.05, 0.1) is 0 Å². The zero-order valence-electron chi connectivity index (χ0n) is 8.63. The Morgan fingerprint density at radius 2 is 2.40 bits per heavy atom. The van der Waals surface area contributed by atoms with Crippen molar-refractivity contribution >= 4 is 21.5 Å². The molecule has 0 radical (unpaired) electrons. The van der Waals surface area contributed by atoms with Gasteiger partial charge in [0.15, 0.2) is 0 Å². The van der Waals surface area contributed by atoms with Gasteiger partial charge in [-0.2, -0.15) is 0 Å². The van der Waals surface area contributed by atoms with Crippen molar-refractivity contribution in [2.75, 3.05) is 6.54 Å². The third kappa shape index (κ3) is 1.45. The van der Waals surface area contributed by atoms with E-state index in [0.717, 1.165) is 10.5 Å². The van der Waals surface area contributed by atoms with Crippen molar-refractivity contribution in [1.29, 1.82) is 0 Å². The zero-order chi connectivity index (χ0) is 10.4. The maximum atomic E-state index is 4.35. The van der Waals surface area contributed by atoms with E-state index in [1.54, 1.807) is 0 Å². The van der Waals surface area contributed by atoms with E-state index in [2.05, 4.69) is 45.3 Å². The lowest BCUT2D eigenvalue weighted by molar-refractivity contribution is 0.307. The Bertz CT molecular complexity index is 439. The van der Waals surface area contributed by atoms with Crippen LogP contribution in [0.25, 0.3) is 5.57 Å². The molecule has 1 saturated heterocycles. The summed E-state index contributed by atoms with van der Waals surface area (Å²) in [5.41, 5.74) is 3.92. The monoisotopic (exact) mass is 264 g/mol. The number of hydrogen-bond acceptors (Lipinski definition) is 2. The van der Waals surface area contributed by atoms with Gasteiger partial charge in [-0.3, -0.25) is 0 Å². The number of pyridine rings is 1. The summed E-state index contributed by atoms with van der Waals surface area (Å²) in [4.78, 5) is 4.35. The topological polar surface area (TPSA) is 24.9 Å². The molecule has 0 unspecified atom stereocenters. The molecular formula is C12H13BrN2. The molecule has 1 fully saturated rings. The van der Waals surface area contributed by atoms with E-state index >= 15 is 0 Å². The van der Waals surface area contributed by atoms with Crippen LogP contribution < -0.4 is 5.32 Å².